The molecule has 5 heteroatoms. The zero-order valence-electron chi connectivity index (χ0n) is 10.1. The fraction of sp³-hybridized carbons (Fsp3) is 0.385. The van der Waals surface area contributed by atoms with Crippen LogP contribution >= 0.6 is 15.9 Å². The van der Waals surface area contributed by atoms with Crippen LogP contribution in [0.25, 0.3) is 0 Å². The van der Waals surface area contributed by atoms with Crippen molar-refractivity contribution in [2.45, 2.75) is 30.6 Å². The first-order chi connectivity index (χ1) is 8.58. The molecule has 1 saturated carbocycles. The van der Waals surface area contributed by atoms with Crippen molar-refractivity contribution in [2.75, 3.05) is 5.32 Å². The van der Waals surface area contributed by atoms with Gasteiger partial charge in [-0.2, -0.15) is 0 Å². The van der Waals surface area contributed by atoms with E-state index < -0.39 is 0 Å². The number of rotatable bonds is 4. The summed E-state index contributed by atoms with van der Waals surface area (Å²) in [6.07, 6.45) is 2.08. The average molecular weight is 311 g/mol. The standard InChI is InChI=1S/C13H15BrN2O2/c1-8(14)12(17)16-11-5-3-2-4-10(11)13(18)15-9-6-7-9/h2-5,8-9H,6-7H2,1H3,(H,15,18)(H,16,17). The van der Waals surface area contributed by atoms with Gasteiger partial charge in [0.25, 0.3) is 5.91 Å². The van der Waals surface area contributed by atoms with Crippen LogP contribution in [0.1, 0.15) is 30.1 Å². The molecule has 0 spiro atoms. The molecule has 1 aliphatic carbocycles. The minimum atomic E-state index is -0.294. The molecule has 0 aliphatic heterocycles. The third kappa shape index (κ3) is 3.32. The third-order valence-corrected chi connectivity index (χ3v) is 3.12. The number of amides is 2. The van der Waals surface area contributed by atoms with Crippen LogP contribution in [0, 0.1) is 0 Å². The van der Waals surface area contributed by atoms with Gasteiger partial charge in [0.2, 0.25) is 5.91 Å². The van der Waals surface area contributed by atoms with Crippen molar-refractivity contribution >= 4 is 33.4 Å². The lowest BCUT2D eigenvalue weighted by Gasteiger charge is -2.11. The number of nitrogens with one attached hydrogen (secondary N) is 2. The number of carbonyl (C=O) groups is 2. The van der Waals surface area contributed by atoms with E-state index in [2.05, 4.69) is 26.6 Å². The number of anilines is 1. The van der Waals surface area contributed by atoms with E-state index >= 15 is 0 Å². The highest BCUT2D eigenvalue weighted by Crippen LogP contribution is 2.21. The van der Waals surface area contributed by atoms with Gasteiger partial charge in [0.05, 0.1) is 16.1 Å². The Balaban J connectivity index is 2.13. The Morgan fingerprint density at radius 2 is 2.00 bits per heavy atom. The van der Waals surface area contributed by atoms with Crippen molar-refractivity contribution in [3.63, 3.8) is 0 Å². The average Bonchev–Trinajstić information content (AvgIpc) is 3.13. The summed E-state index contributed by atoms with van der Waals surface area (Å²) < 4.78 is 0. The fourth-order valence-corrected chi connectivity index (χ4v) is 1.63. The lowest BCUT2D eigenvalue weighted by molar-refractivity contribution is -0.115. The van der Waals surface area contributed by atoms with E-state index in [4.69, 9.17) is 0 Å². The second kappa shape index (κ2) is 5.52. The molecule has 4 nitrogen and oxygen atoms in total. The quantitative estimate of drug-likeness (QED) is 0.838. The summed E-state index contributed by atoms with van der Waals surface area (Å²) in [7, 11) is 0. The molecule has 0 bridgehead atoms. The second-order valence-electron chi connectivity index (χ2n) is 4.40. The van der Waals surface area contributed by atoms with Crippen LogP contribution in [0.2, 0.25) is 0 Å². The van der Waals surface area contributed by atoms with Gasteiger partial charge in [-0.1, -0.05) is 28.1 Å². The summed E-state index contributed by atoms with van der Waals surface area (Å²) in [4.78, 5) is 23.3. The largest absolute Gasteiger partial charge is 0.349 e. The molecule has 0 saturated heterocycles. The Bertz CT molecular complexity index is 470. The molecular formula is C13H15BrN2O2. The summed E-state index contributed by atoms with van der Waals surface area (Å²) in [6.45, 7) is 1.74. The van der Waals surface area contributed by atoms with Gasteiger partial charge in [-0.25, -0.2) is 0 Å². The van der Waals surface area contributed by atoms with Crippen LogP contribution in [0.15, 0.2) is 24.3 Å². The van der Waals surface area contributed by atoms with Gasteiger partial charge in [0, 0.05) is 6.04 Å². The normalized spacial score (nSPS) is 15.9. The van der Waals surface area contributed by atoms with E-state index in [9.17, 15) is 9.59 Å². The first-order valence-corrected chi connectivity index (χ1v) is 6.84. The highest BCUT2D eigenvalue weighted by molar-refractivity contribution is 9.10. The first kappa shape index (κ1) is 13.1. The van der Waals surface area contributed by atoms with E-state index in [0.717, 1.165) is 12.8 Å². The summed E-state index contributed by atoms with van der Waals surface area (Å²) in [5, 5.41) is 5.65. The molecule has 18 heavy (non-hydrogen) atoms. The molecular weight excluding hydrogens is 296 g/mol. The van der Waals surface area contributed by atoms with Crippen LogP contribution in [0.5, 0.6) is 0 Å². The second-order valence-corrected chi connectivity index (χ2v) is 5.77. The van der Waals surface area contributed by atoms with Crippen LogP contribution in [-0.2, 0) is 4.79 Å². The summed E-state index contributed by atoms with van der Waals surface area (Å²) in [5.41, 5.74) is 1.05. The molecule has 0 aromatic heterocycles. The minimum Gasteiger partial charge on any atom is -0.349 e. The molecule has 2 amide bonds. The Morgan fingerprint density at radius 1 is 1.33 bits per heavy atom. The molecule has 2 rings (SSSR count). The molecule has 1 aromatic rings. The zero-order valence-corrected chi connectivity index (χ0v) is 11.7. The Labute approximate surface area is 114 Å². The zero-order chi connectivity index (χ0) is 13.1. The molecule has 0 heterocycles. The van der Waals surface area contributed by atoms with Crippen molar-refractivity contribution < 1.29 is 9.59 Å². The number of benzene rings is 1. The molecule has 0 radical (unpaired) electrons. The molecule has 1 atom stereocenters. The van der Waals surface area contributed by atoms with E-state index in [-0.39, 0.29) is 16.6 Å². The van der Waals surface area contributed by atoms with Gasteiger partial charge in [-0.15, -0.1) is 0 Å². The lowest BCUT2D eigenvalue weighted by atomic mass is 10.1. The van der Waals surface area contributed by atoms with Crippen LogP contribution in [-0.4, -0.2) is 22.7 Å². The highest BCUT2D eigenvalue weighted by Gasteiger charge is 2.25. The molecule has 1 fully saturated rings. The molecule has 1 aromatic carbocycles. The molecule has 1 unspecified atom stereocenters. The van der Waals surface area contributed by atoms with Gasteiger partial charge < -0.3 is 10.6 Å². The van der Waals surface area contributed by atoms with Gasteiger partial charge in [0.15, 0.2) is 0 Å². The SMILES string of the molecule is CC(Br)C(=O)Nc1ccccc1C(=O)NC1CC1. The monoisotopic (exact) mass is 310 g/mol. The number of alkyl halides is 1. The van der Waals surface area contributed by atoms with E-state index in [1.54, 1.807) is 31.2 Å². The smallest absolute Gasteiger partial charge is 0.253 e. The summed E-state index contributed by atoms with van der Waals surface area (Å²) >= 11 is 3.20. The highest BCUT2D eigenvalue weighted by atomic mass is 79.9. The van der Waals surface area contributed by atoms with Gasteiger partial charge >= 0.3 is 0 Å². The number of carbonyl (C=O) groups excluding carboxylic acids is 2. The van der Waals surface area contributed by atoms with Crippen LogP contribution < -0.4 is 10.6 Å². The molecule has 1 aliphatic rings. The molecule has 96 valence electrons. The predicted molar refractivity (Wildman–Crippen MR) is 73.9 cm³/mol. The Morgan fingerprint density at radius 3 is 2.61 bits per heavy atom. The van der Waals surface area contributed by atoms with Crippen molar-refractivity contribution in [3.05, 3.63) is 29.8 Å². The van der Waals surface area contributed by atoms with Crippen molar-refractivity contribution in [1.82, 2.24) is 5.32 Å². The third-order valence-electron chi connectivity index (χ3n) is 2.70. The topological polar surface area (TPSA) is 58.2 Å². The van der Waals surface area contributed by atoms with Crippen molar-refractivity contribution in [3.8, 4) is 0 Å². The number of hydrogen-bond acceptors (Lipinski definition) is 2. The Hall–Kier alpha value is -1.36. The maximum Gasteiger partial charge on any atom is 0.253 e. The van der Waals surface area contributed by atoms with Crippen molar-refractivity contribution in [2.24, 2.45) is 0 Å². The number of para-hydroxylation sites is 1. The molecule has 2 N–H and O–H groups in total. The maximum absolute atomic E-state index is 12.0. The van der Waals surface area contributed by atoms with E-state index in [1.165, 1.54) is 0 Å². The van der Waals surface area contributed by atoms with E-state index in [1.807, 2.05) is 0 Å². The van der Waals surface area contributed by atoms with Gasteiger partial charge in [-0.05, 0) is 31.9 Å². The number of halogens is 1. The van der Waals surface area contributed by atoms with Crippen molar-refractivity contribution in [1.29, 1.82) is 0 Å². The lowest BCUT2D eigenvalue weighted by Crippen LogP contribution is -2.28. The van der Waals surface area contributed by atoms with Gasteiger partial charge in [-0.3, -0.25) is 9.59 Å². The summed E-state index contributed by atoms with van der Waals surface area (Å²) in [6, 6.07) is 7.33. The maximum atomic E-state index is 12.0. The minimum absolute atomic E-state index is 0.129. The van der Waals surface area contributed by atoms with Crippen LogP contribution in [0.4, 0.5) is 5.69 Å². The predicted octanol–water partition coefficient (Wildman–Crippen LogP) is 2.30. The van der Waals surface area contributed by atoms with Crippen LogP contribution in [0.3, 0.4) is 0 Å². The number of hydrogen-bond donors (Lipinski definition) is 2. The van der Waals surface area contributed by atoms with E-state index in [0.29, 0.717) is 17.3 Å². The fourth-order valence-electron chi connectivity index (χ4n) is 1.51. The Kier molecular flexibility index (Phi) is 4.01. The van der Waals surface area contributed by atoms with Gasteiger partial charge in [0.1, 0.15) is 0 Å². The summed E-state index contributed by atoms with van der Waals surface area (Å²) in [5.74, 6) is -0.294. The first-order valence-electron chi connectivity index (χ1n) is 5.93.